The summed E-state index contributed by atoms with van der Waals surface area (Å²) in [5.41, 5.74) is 2.86. The van der Waals surface area contributed by atoms with Gasteiger partial charge in [-0.1, -0.05) is 74.4 Å². The zero-order valence-electron chi connectivity index (χ0n) is 20.4. The summed E-state index contributed by atoms with van der Waals surface area (Å²) in [5.74, 6) is -3.58. The molecule has 0 heterocycles. The smallest absolute Gasteiger partial charge is 0.273 e. The molecule has 0 bridgehead atoms. The van der Waals surface area contributed by atoms with E-state index in [1.165, 1.54) is 12.0 Å². The van der Waals surface area contributed by atoms with Crippen molar-refractivity contribution in [2.75, 3.05) is 11.4 Å². The Kier molecular flexibility index (Phi) is 8.17. The van der Waals surface area contributed by atoms with Crippen LogP contribution in [0.25, 0.3) is 10.8 Å². The number of anilines is 1. The average Bonchev–Trinajstić information content (AvgIpc) is 2.85. The quantitative estimate of drug-likeness (QED) is 0.338. The number of fused-ring (bicyclic) bond motifs is 1. The van der Waals surface area contributed by atoms with E-state index >= 15 is 0 Å². The molecule has 0 aromatic heterocycles. The molecule has 2 unspecified atom stereocenters. The lowest BCUT2D eigenvalue weighted by molar-refractivity contribution is -0.143. The van der Waals surface area contributed by atoms with E-state index in [0.717, 1.165) is 41.3 Å². The van der Waals surface area contributed by atoms with Gasteiger partial charge in [0.05, 0.1) is 6.42 Å². The highest BCUT2D eigenvalue weighted by atomic mass is 19.3. The monoisotopic (exact) mass is 479 g/mol. The fourth-order valence-corrected chi connectivity index (χ4v) is 5.03. The molecule has 1 aliphatic carbocycles. The Morgan fingerprint density at radius 2 is 1.69 bits per heavy atom. The second-order valence-electron chi connectivity index (χ2n) is 9.91. The first-order chi connectivity index (χ1) is 16.9. The molecule has 1 saturated carbocycles. The van der Waals surface area contributed by atoms with Gasteiger partial charge in [-0.3, -0.25) is 4.79 Å². The minimum absolute atomic E-state index is 0.0563. The standard InChI is InChI=1S/C30H35F2NO2/c1-2-3-4-7-22-11-15-27(16-12-22)33(21-24-13-17-28(34)30(31,32)20-24)29(35)19-23-10-14-25-8-5-6-9-26(25)18-23/h5-6,8-12,14-16,18,24,28,34H,2-4,7,13,17,19-21H2,1H3. The van der Waals surface area contributed by atoms with Crippen LogP contribution in [-0.4, -0.2) is 29.6 Å². The van der Waals surface area contributed by atoms with Crippen molar-refractivity contribution in [3.63, 3.8) is 0 Å². The number of aryl methyl sites for hydroxylation is 1. The van der Waals surface area contributed by atoms with Gasteiger partial charge in [0.1, 0.15) is 6.10 Å². The molecule has 0 saturated heterocycles. The molecule has 1 aliphatic rings. The van der Waals surface area contributed by atoms with Gasteiger partial charge in [-0.15, -0.1) is 0 Å². The van der Waals surface area contributed by atoms with Gasteiger partial charge in [0.15, 0.2) is 0 Å². The lowest BCUT2D eigenvalue weighted by Gasteiger charge is -2.36. The summed E-state index contributed by atoms with van der Waals surface area (Å²) in [6, 6.07) is 22.0. The van der Waals surface area contributed by atoms with Crippen LogP contribution in [0.3, 0.4) is 0 Å². The van der Waals surface area contributed by atoms with Crippen LogP contribution in [0.2, 0.25) is 0 Å². The summed E-state index contributed by atoms with van der Waals surface area (Å²) in [6.45, 7) is 2.40. The van der Waals surface area contributed by atoms with E-state index in [-0.39, 0.29) is 31.2 Å². The van der Waals surface area contributed by atoms with Gasteiger partial charge in [-0.05, 0) is 65.6 Å². The number of hydrogen-bond acceptors (Lipinski definition) is 2. The van der Waals surface area contributed by atoms with Crippen LogP contribution in [0.15, 0.2) is 66.7 Å². The maximum absolute atomic E-state index is 14.2. The van der Waals surface area contributed by atoms with Crippen LogP contribution >= 0.6 is 0 Å². The maximum atomic E-state index is 14.2. The van der Waals surface area contributed by atoms with E-state index in [1.54, 1.807) is 4.90 Å². The summed E-state index contributed by atoms with van der Waals surface area (Å²) >= 11 is 0. The molecule has 3 aromatic rings. The number of carbonyl (C=O) groups is 1. The van der Waals surface area contributed by atoms with Gasteiger partial charge in [0, 0.05) is 18.7 Å². The lowest BCUT2D eigenvalue weighted by Crippen LogP contribution is -2.45. The van der Waals surface area contributed by atoms with Crippen LogP contribution in [0.4, 0.5) is 14.5 Å². The topological polar surface area (TPSA) is 40.5 Å². The fraction of sp³-hybridized carbons (Fsp3) is 0.433. The predicted octanol–water partition coefficient (Wildman–Crippen LogP) is 6.94. The second kappa shape index (κ2) is 11.3. The molecule has 186 valence electrons. The van der Waals surface area contributed by atoms with E-state index in [2.05, 4.69) is 6.92 Å². The highest BCUT2D eigenvalue weighted by molar-refractivity contribution is 5.95. The van der Waals surface area contributed by atoms with Gasteiger partial charge >= 0.3 is 0 Å². The van der Waals surface area contributed by atoms with Crippen LogP contribution < -0.4 is 4.90 Å². The van der Waals surface area contributed by atoms with Gasteiger partial charge in [0.25, 0.3) is 5.92 Å². The van der Waals surface area contributed by atoms with Crippen molar-refractivity contribution in [2.24, 2.45) is 5.92 Å². The van der Waals surface area contributed by atoms with Gasteiger partial charge in [0.2, 0.25) is 5.91 Å². The molecule has 3 nitrogen and oxygen atoms in total. The minimum Gasteiger partial charge on any atom is -0.387 e. The molecule has 3 aromatic carbocycles. The van der Waals surface area contributed by atoms with E-state index < -0.39 is 18.4 Å². The number of amides is 1. The Morgan fingerprint density at radius 3 is 2.40 bits per heavy atom. The molecule has 5 heteroatoms. The van der Waals surface area contributed by atoms with Crippen molar-refractivity contribution in [1.29, 1.82) is 0 Å². The third-order valence-corrected chi connectivity index (χ3v) is 7.12. The molecule has 0 radical (unpaired) electrons. The van der Waals surface area contributed by atoms with Crippen molar-refractivity contribution in [2.45, 2.75) is 70.3 Å². The predicted molar refractivity (Wildman–Crippen MR) is 138 cm³/mol. The van der Waals surface area contributed by atoms with Crippen molar-refractivity contribution >= 4 is 22.4 Å². The Bertz CT molecular complexity index is 1130. The zero-order chi connectivity index (χ0) is 24.8. The summed E-state index contributed by atoms with van der Waals surface area (Å²) in [6.07, 6.45) is 3.20. The van der Waals surface area contributed by atoms with Crippen molar-refractivity contribution in [3.05, 3.63) is 77.9 Å². The third kappa shape index (κ3) is 6.46. The second-order valence-corrected chi connectivity index (χ2v) is 9.91. The van der Waals surface area contributed by atoms with Crippen LogP contribution in [0.5, 0.6) is 0 Å². The number of alkyl halides is 2. The van der Waals surface area contributed by atoms with Crippen LogP contribution in [0.1, 0.15) is 56.6 Å². The van der Waals surface area contributed by atoms with Crippen molar-refractivity contribution in [3.8, 4) is 0 Å². The summed E-state index contributed by atoms with van der Waals surface area (Å²) < 4.78 is 28.5. The molecule has 4 rings (SSSR count). The lowest BCUT2D eigenvalue weighted by atomic mass is 9.84. The van der Waals surface area contributed by atoms with E-state index in [0.29, 0.717) is 6.42 Å². The normalized spacial score (nSPS) is 19.5. The minimum atomic E-state index is -3.11. The summed E-state index contributed by atoms with van der Waals surface area (Å²) in [5, 5.41) is 11.9. The van der Waals surface area contributed by atoms with Gasteiger partial charge in [-0.2, -0.15) is 0 Å². The van der Waals surface area contributed by atoms with E-state index in [4.69, 9.17) is 0 Å². The highest BCUT2D eigenvalue weighted by Gasteiger charge is 2.44. The average molecular weight is 480 g/mol. The number of rotatable bonds is 9. The number of carbonyl (C=O) groups excluding carboxylic acids is 1. The SMILES string of the molecule is CCCCCc1ccc(N(CC2CCC(O)C(F)(F)C2)C(=O)Cc2ccc3ccccc3c2)cc1. The number of aliphatic hydroxyl groups is 1. The Morgan fingerprint density at radius 1 is 0.971 bits per heavy atom. The number of aliphatic hydroxyl groups excluding tert-OH is 1. The van der Waals surface area contributed by atoms with Crippen LogP contribution in [-0.2, 0) is 17.6 Å². The number of hydrogen-bond donors (Lipinski definition) is 1. The largest absolute Gasteiger partial charge is 0.387 e. The van der Waals surface area contributed by atoms with Crippen molar-refractivity contribution in [1.82, 2.24) is 0 Å². The molecule has 2 atom stereocenters. The van der Waals surface area contributed by atoms with Crippen molar-refractivity contribution < 1.29 is 18.7 Å². The Labute approximate surface area is 206 Å². The number of unbranched alkanes of at least 4 members (excludes halogenated alkanes) is 2. The maximum Gasteiger partial charge on any atom is 0.273 e. The number of nitrogens with zero attached hydrogens (tertiary/aromatic N) is 1. The van der Waals surface area contributed by atoms with E-state index in [1.807, 2.05) is 66.7 Å². The van der Waals surface area contributed by atoms with Crippen LogP contribution in [0, 0.1) is 5.92 Å². The molecular formula is C30H35F2NO2. The number of benzene rings is 3. The molecule has 35 heavy (non-hydrogen) atoms. The first-order valence-corrected chi connectivity index (χ1v) is 12.8. The Hall–Kier alpha value is -2.79. The molecule has 0 spiro atoms. The summed E-state index contributed by atoms with van der Waals surface area (Å²) in [4.78, 5) is 15.2. The number of halogens is 2. The van der Waals surface area contributed by atoms with E-state index in [9.17, 15) is 18.7 Å². The molecule has 1 amide bonds. The Balaban J connectivity index is 1.54. The van der Waals surface area contributed by atoms with Gasteiger partial charge < -0.3 is 10.0 Å². The fourth-order valence-electron chi connectivity index (χ4n) is 5.03. The molecule has 1 fully saturated rings. The first kappa shape index (κ1) is 25.3. The molecule has 1 N–H and O–H groups in total. The first-order valence-electron chi connectivity index (χ1n) is 12.8. The summed E-state index contributed by atoms with van der Waals surface area (Å²) in [7, 11) is 0. The molecule has 0 aliphatic heterocycles. The van der Waals surface area contributed by atoms with Gasteiger partial charge in [-0.25, -0.2) is 8.78 Å². The highest BCUT2D eigenvalue weighted by Crippen LogP contribution is 2.38. The molecular weight excluding hydrogens is 444 g/mol. The third-order valence-electron chi connectivity index (χ3n) is 7.12. The zero-order valence-corrected chi connectivity index (χ0v) is 20.4.